The van der Waals surface area contributed by atoms with Gasteiger partial charge in [0.05, 0.1) is 0 Å². The Kier molecular flexibility index (Phi) is 8.28. The van der Waals surface area contributed by atoms with Crippen molar-refractivity contribution in [2.75, 3.05) is 0 Å². The molecule has 152 valence electrons. The summed E-state index contributed by atoms with van der Waals surface area (Å²) in [5, 5.41) is 0. The molecule has 0 amide bonds. The van der Waals surface area contributed by atoms with E-state index < -0.39 is 0 Å². The first-order valence-corrected chi connectivity index (χ1v) is 12.3. The van der Waals surface area contributed by atoms with Crippen LogP contribution in [0.1, 0.15) is 115 Å². The standard InChI is InChI=1S/C27H44/c1-4-6-21(3)20-23-10-14-25(15-11-23)27-18-16-26(17-19-27)24-12-8-22(7-5-2)9-13-24/h10-11,14-15,21-22,24,26-27H,4-9,12-13,16-20H2,1-3H3. The van der Waals surface area contributed by atoms with Crippen molar-refractivity contribution in [1.29, 1.82) is 0 Å². The Morgan fingerprint density at radius 2 is 1.37 bits per heavy atom. The molecule has 0 aliphatic heterocycles. The van der Waals surface area contributed by atoms with Gasteiger partial charge in [0.1, 0.15) is 0 Å². The molecule has 2 aliphatic rings. The molecule has 0 radical (unpaired) electrons. The Bertz CT molecular complexity index is 511. The summed E-state index contributed by atoms with van der Waals surface area (Å²) < 4.78 is 0. The van der Waals surface area contributed by atoms with E-state index in [1.54, 1.807) is 5.56 Å². The van der Waals surface area contributed by atoms with Crippen molar-refractivity contribution in [3.63, 3.8) is 0 Å². The van der Waals surface area contributed by atoms with E-state index in [0.29, 0.717) is 0 Å². The second kappa shape index (κ2) is 10.7. The second-order valence-electron chi connectivity index (χ2n) is 10.0. The SMILES string of the molecule is CCCC(C)Cc1ccc(C2CCC(C3CCC(CCC)CC3)CC2)cc1. The zero-order valence-corrected chi connectivity index (χ0v) is 18.4. The average Bonchev–Trinajstić information content (AvgIpc) is 2.70. The van der Waals surface area contributed by atoms with Crippen molar-refractivity contribution < 1.29 is 0 Å². The third-order valence-corrected chi connectivity index (χ3v) is 7.84. The smallest absolute Gasteiger partial charge is 0.0162 e. The van der Waals surface area contributed by atoms with Gasteiger partial charge in [0.15, 0.2) is 0 Å². The van der Waals surface area contributed by atoms with E-state index >= 15 is 0 Å². The van der Waals surface area contributed by atoms with Crippen molar-refractivity contribution in [3.8, 4) is 0 Å². The topological polar surface area (TPSA) is 0 Å². The van der Waals surface area contributed by atoms with Crippen LogP contribution in [0.25, 0.3) is 0 Å². The van der Waals surface area contributed by atoms with Gasteiger partial charge in [-0.3, -0.25) is 0 Å². The Morgan fingerprint density at radius 1 is 0.778 bits per heavy atom. The molecule has 2 saturated carbocycles. The summed E-state index contributed by atoms with van der Waals surface area (Å²) in [6, 6.07) is 9.75. The first kappa shape index (κ1) is 20.9. The van der Waals surface area contributed by atoms with Crippen molar-refractivity contribution in [3.05, 3.63) is 35.4 Å². The molecule has 1 aromatic rings. The predicted molar refractivity (Wildman–Crippen MR) is 119 cm³/mol. The molecule has 2 aliphatic carbocycles. The van der Waals surface area contributed by atoms with Crippen LogP contribution in [0, 0.1) is 23.7 Å². The van der Waals surface area contributed by atoms with Gasteiger partial charge in [-0.1, -0.05) is 83.6 Å². The first-order chi connectivity index (χ1) is 13.2. The van der Waals surface area contributed by atoms with E-state index in [1.807, 2.05) is 0 Å². The summed E-state index contributed by atoms with van der Waals surface area (Å²) >= 11 is 0. The highest BCUT2D eigenvalue weighted by Gasteiger charge is 2.31. The van der Waals surface area contributed by atoms with Crippen LogP contribution < -0.4 is 0 Å². The summed E-state index contributed by atoms with van der Waals surface area (Å²) in [7, 11) is 0. The van der Waals surface area contributed by atoms with Gasteiger partial charge in [-0.2, -0.15) is 0 Å². The first-order valence-electron chi connectivity index (χ1n) is 12.3. The van der Waals surface area contributed by atoms with Gasteiger partial charge in [-0.15, -0.1) is 0 Å². The molecular formula is C27H44. The maximum Gasteiger partial charge on any atom is -0.0162 e. The lowest BCUT2D eigenvalue weighted by atomic mass is 9.68. The highest BCUT2D eigenvalue weighted by molar-refractivity contribution is 5.26. The second-order valence-corrected chi connectivity index (χ2v) is 10.0. The molecule has 0 spiro atoms. The molecule has 3 rings (SSSR count). The molecule has 0 heterocycles. The largest absolute Gasteiger partial charge is 0.0654 e. The number of rotatable bonds is 8. The van der Waals surface area contributed by atoms with E-state index in [4.69, 9.17) is 0 Å². The number of hydrogen-bond acceptors (Lipinski definition) is 0. The summed E-state index contributed by atoms with van der Waals surface area (Å²) in [6.45, 7) is 7.05. The quantitative estimate of drug-likeness (QED) is 0.431. The molecule has 1 unspecified atom stereocenters. The molecule has 0 aromatic heterocycles. The molecule has 0 nitrogen and oxygen atoms in total. The van der Waals surface area contributed by atoms with Gasteiger partial charge in [-0.25, -0.2) is 0 Å². The van der Waals surface area contributed by atoms with Crippen molar-refractivity contribution in [1.82, 2.24) is 0 Å². The summed E-state index contributed by atoms with van der Waals surface area (Å²) in [5.41, 5.74) is 3.16. The minimum Gasteiger partial charge on any atom is -0.0654 e. The van der Waals surface area contributed by atoms with Crippen LogP contribution in [0.5, 0.6) is 0 Å². The lowest BCUT2D eigenvalue weighted by molar-refractivity contribution is 0.156. The molecule has 0 saturated heterocycles. The molecule has 0 N–H and O–H groups in total. The van der Waals surface area contributed by atoms with E-state index in [1.165, 1.54) is 89.0 Å². The fraction of sp³-hybridized carbons (Fsp3) is 0.778. The number of benzene rings is 1. The minimum atomic E-state index is 0.823. The van der Waals surface area contributed by atoms with Gasteiger partial charge in [0.2, 0.25) is 0 Å². The third kappa shape index (κ3) is 6.10. The van der Waals surface area contributed by atoms with Crippen molar-refractivity contribution in [2.24, 2.45) is 23.7 Å². The monoisotopic (exact) mass is 368 g/mol. The van der Waals surface area contributed by atoms with Gasteiger partial charge in [-0.05, 0) is 85.7 Å². The van der Waals surface area contributed by atoms with Crippen LogP contribution in [0.2, 0.25) is 0 Å². The fourth-order valence-corrected chi connectivity index (χ4v) is 6.20. The highest BCUT2D eigenvalue weighted by atomic mass is 14.4. The summed E-state index contributed by atoms with van der Waals surface area (Å²) in [4.78, 5) is 0. The van der Waals surface area contributed by atoms with E-state index in [0.717, 1.165) is 29.6 Å². The molecule has 1 atom stereocenters. The van der Waals surface area contributed by atoms with Crippen LogP contribution in [0.3, 0.4) is 0 Å². The maximum atomic E-state index is 2.45. The van der Waals surface area contributed by atoms with Crippen LogP contribution in [0.15, 0.2) is 24.3 Å². The summed E-state index contributed by atoms with van der Waals surface area (Å²) in [6.07, 6.45) is 18.7. The average molecular weight is 369 g/mol. The zero-order valence-electron chi connectivity index (χ0n) is 18.4. The Hall–Kier alpha value is -0.780. The van der Waals surface area contributed by atoms with Gasteiger partial charge < -0.3 is 0 Å². The van der Waals surface area contributed by atoms with Crippen LogP contribution in [-0.2, 0) is 6.42 Å². The van der Waals surface area contributed by atoms with E-state index in [2.05, 4.69) is 45.0 Å². The van der Waals surface area contributed by atoms with Crippen LogP contribution in [0.4, 0.5) is 0 Å². The zero-order chi connectivity index (χ0) is 19.1. The molecule has 2 fully saturated rings. The van der Waals surface area contributed by atoms with Gasteiger partial charge >= 0.3 is 0 Å². The lowest BCUT2D eigenvalue weighted by Crippen LogP contribution is -2.25. The normalized spacial score (nSPS) is 30.2. The molecule has 0 bridgehead atoms. The Balaban J connectivity index is 1.44. The fourth-order valence-electron chi connectivity index (χ4n) is 6.20. The van der Waals surface area contributed by atoms with Crippen molar-refractivity contribution >= 4 is 0 Å². The molecule has 0 heteroatoms. The van der Waals surface area contributed by atoms with Crippen LogP contribution >= 0.6 is 0 Å². The van der Waals surface area contributed by atoms with E-state index in [-0.39, 0.29) is 0 Å². The summed E-state index contributed by atoms with van der Waals surface area (Å²) in [5.74, 6) is 4.81. The third-order valence-electron chi connectivity index (χ3n) is 7.84. The Morgan fingerprint density at radius 3 is 1.93 bits per heavy atom. The van der Waals surface area contributed by atoms with Crippen LogP contribution in [-0.4, -0.2) is 0 Å². The van der Waals surface area contributed by atoms with E-state index in [9.17, 15) is 0 Å². The highest BCUT2D eigenvalue weighted by Crippen LogP contribution is 2.44. The number of hydrogen-bond donors (Lipinski definition) is 0. The minimum absolute atomic E-state index is 0.823. The molecule has 27 heavy (non-hydrogen) atoms. The molecular weight excluding hydrogens is 324 g/mol. The van der Waals surface area contributed by atoms with Gasteiger partial charge in [0.25, 0.3) is 0 Å². The predicted octanol–water partition coefficient (Wildman–Crippen LogP) is 8.55. The lowest BCUT2D eigenvalue weighted by Gasteiger charge is -2.38. The van der Waals surface area contributed by atoms with Gasteiger partial charge in [0, 0.05) is 0 Å². The Labute approximate surface area is 169 Å². The maximum absolute atomic E-state index is 2.45. The molecule has 1 aromatic carbocycles. The van der Waals surface area contributed by atoms with Crippen molar-refractivity contribution in [2.45, 2.75) is 110 Å².